The zero-order chi connectivity index (χ0) is 15.4. The summed E-state index contributed by atoms with van der Waals surface area (Å²) in [5.41, 5.74) is 2.72. The summed E-state index contributed by atoms with van der Waals surface area (Å²) in [7, 11) is 3.78. The summed E-state index contributed by atoms with van der Waals surface area (Å²) in [5.74, 6) is -0.131. The second-order valence-corrected chi connectivity index (χ2v) is 5.30. The van der Waals surface area contributed by atoms with E-state index in [1.54, 1.807) is 18.3 Å². The van der Waals surface area contributed by atoms with Crippen LogP contribution in [0.15, 0.2) is 24.5 Å². The van der Waals surface area contributed by atoms with Crippen molar-refractivity contribution in [2.75, 3.05) is 18.9 Å². The normalized spacial score (nSPS) is 10.9. The fourth-order valence-electron chi connectivity index (χ4n) is 1.96. The van der Waals surface area contributed by atoms with Gasteiger partial charge in [0, 0.05) is 31.0 Å². The topological polar surface area (TPSA) is 63.1 Å². The van der Waals surface area contributed by atoms with Gasteiger partial charge < -0.3 is 5.32 Å². The van der Waals surface area contributed by atoms with Crippen LogP contribution in [0.25, 0.3) is 0 Å². The van der Waals surface area contributed by atoms with Crippen molar-refractivity contribution in [3.63, 3.8) is 0 Å². The molecule has 0 fully saturated rings. The van der Waals surface area contributed by atoms with Crippen molar-refractivity contribution in [2.24, 2.45) is 7.05 Å². The minimum atomic E-state index is -0.131. The highest BCUT2D eigenvalue weighted by Gasteiger charge is 2.12. The predicted octanol–water partition coefficient (Wildman–Crippen LogP) is 1.85. The summed E-state index contributed by atoms with van der Waals surface area (Å²) >= 11 is 5.91. The SMILES string of the molecule is Cc1c(CN(C)CC(=O)Nc2cccnc2Cl)cnn1C. The Morgan fingerprint density at radius 3 is 2.90 bits per heavy atom. The standard InChI is InChI=1S/C14H18ClN5O/c1-10-11(7-17-20(10)3)8-19(2)9-13(21)18-12-5-4-6-16-14(12)15/h4-7H,8-9H2,1-3H3,(H,18,21). The number of hydrogen-bond donors (Lipinski definition) is 1. The van der Waals surface area contributed by atoms with Crippen LogP contribution in [0.4, 0.5) is 5.69 Å². The summed E-state index contributed by atoms with van der Waals surface area (Å²) in [5, 5.41) is 7.23. The Kier molecular flexibility index (Phi) is 4.93. The number of aromatic nitrogens is 3. The van der Waals surface area contributed by atoms with Gasteiger partial charge in [-0.3, -0.25) is 14.4 Å². The number of carbonyl (C=O) groups is 1. The molecule has 0 bridgehead atoms. The van der Waals surface area contributed by atoms with E-state index in [0.29, 0.717) is 12.2 Å². The molecule has 2 aromatic rings. The van der Waals surface area contributed by atoms with Crippen molar-refractivity contribution in [1.82, 2.24) is 19.7 Å². The molecule has 0 saturated heterocycles. The summed E-state index contributed by atoms with van der Waals surface area (Å²) in [4.78, 5) is 17.8. The van der Waals surface area contributed by atoms with Gasteiger partial charge in [-0.25, -0.2) is 4.98 Å². The lowest BCUT2D eigenvalue weighted by atomic mass is 10.2. The first-order valence-electron chi connectivity index (χ1n) is 6.53. The second-order valence-electron chi connectivity index (χ2n) is 4.94. The van der Waals surface area contributed by atoms with Gasteiger partial charge in [-0.05, 0) is 26.1 Å². The number of halogens is 1. The molecule has 112 valence electrons. The number of nitrogens with one attached hydrogen (secondary N) is 1. The molecule has 0 saturated carbocycles. The summed E-state index contributed by atoms with van der Waals surface area (Å²) in [6, 6.07) is 3.45. The molecule has 0 atom stereocenters. The first-order valence-corrected chi connectivity index (χ1v) is 6.91. The number of carbonyl (C=O) groups excluding carboxylic acids is 1. The van der Waals surface area contributed by atoms with Gasteiger partial charge in [0.2, 0.25) is 5.91 Å². The molecule has 2 aromatic heterocycles. The van der Waals surface area contributed by atoms with Crippen molar-refractivity contribution in [2.45, 2.75) is 13.5 Å². The number of rotatable bonds is 5. The smallest absolute Gasteiger partial charge is 0.238 e. The number of pyridine rings is 1. The maximum Gasteiger partial charge on any atom is 0.238 e. The van der Waals surface area contributed by atoms with Crippen molar-refractivity contribution in [3.8, 4) is 0 Å². The quantitative estimate of drug-likeness (QED) is 0.856. The first-order chi connectivity index (χ1) is 9.97. The van der Waals surface area contributed by atoms with Crippen LogP contribution in [0.5, 0.6) is 0 Å². The molecule has 0 aliphatic heterocycles. The molecule has 0 radical (unpaired) electrons. The fourth-order valence-corrected chi connectivity index (χ4v) is 2.13. The van der Waals surface area contributed by atoms with Gasteiger partial charge >= 0.3 is 0 Å². The molecular weight excluding hydrogens is 290 g/mol. The maximum absolute atomic E-state index is 12.0. The van der Waals surface area contributed by atoms with Crippen LogP contribution in [0.3, 0.4) is 0 Å². The minimum absolute atomic E-state index is 0.131. The molecule has 21 heavy (non-hydrogen) atoms. The summed E-state index contributed by atoms with van der Waals surface area (Å²) in [6.07, 6.45) is 3.40. The Labute approximate surface area is 128 Å². The number of likely N-dealkylation sites (N-methyl/N-ethyl adjacent to an activating group) is 1. The van der Waals surface area contributed by atoms with Gasteiger partial charge in [0.1, 0.15) is 0 Å². The maximum atomic E-state index is 12.0. The molecule has 2 rings (SSSR count). The van der Waals surface area contributed by atoms with Crippen LogP contribution in [0.1, 0.15) is 11.3 Å². The van der Waals surface area contributed by atoms with E-state index in [1.165, 1.54) is 0 Å². The van der Waals surface area contributed by atoms with Crippen LogP contribution >= 0.6 is 11.6 Å². The lowest BCUT2D eigenvalue weighted by molar-refractivity contribution is -0.117. The van der Waals surface area contributed by atoms with E-state index < -0.39 is 0 Å². The summed E-state index contributed by atoms with van der Waals surface area (Å²) in [6.45, 7) is 2.93. The Morgan fingerprint density at radius 1 is 1.52 bits per heavy atom. The molecule has 1 N–H and O–H groups in total. The Morgan fingerprint density at radius 2 is 2.29 bits per heavy atom. The van der Waals surface area contributed by atoms with Gasteiger partial charge in [0.25, 0.3) is 0 Å². The van der Waals surface area contributed by atoms with Crippen molar-refractivity contribution >= 4 is 23.2 Å². The highest BCUT2D eigenvalue weighted by atomic mass is 35.5. The Bertz CT molecular complexity index is 640. The number of anilines is 1. The molecule has 0 aromatic carbocycles. The van der Waals surface area contributed by atoms with Crippen molar-refractivity contribution in [1.29, 1.82) is 0 Å². The molecule has 0 aliphatic carbocycles. The van der Waals surface area contributed by atoms with Crippen LogP contribution in [-0.4, -0.2) is 39.2 Å². The molecular formula is C14H18ClN5O. The van der Waals surface area contributed by atoms with E-state index in [-0.39, 0.29) is 17.6 Å². The lowest BCUT2D eigenvalue weighted by Crippen LogP contribution is -2.30. The zero-order valence-electron chi connectivity index (χ0n) is 12.3. The van der Waals surface area contributed by atoms with Gasteiger partial charge in [-0.15, -0.1) is 0 Å². The van der Waals surface area contributed by atoms with Gasteiger partial charge in [-0.2, -0.15) is 5.10 Å². The Balaban J connectivity index is 1.91. The van der Waals surface area contributed by atoms with Crippen LogP contribution < -0.4 is 5.32 Å². The first kappa shape index (κ1) is 15.5. The molecule has 0 spiro atoms. The average molecular weight is 308 g/mol. The third kappa shape index (κ3) is 4.03. The highest BCUT2D eigenvalue weighted by molar-refractivity contribution is 6.32. The fraction of sp³-hybridized carbons (Fsp3) is 0.357. The van der Waals surface area contributed by atoms with E-state index in [1.807, 2.05) is 36.8 Å². The third-order valence-corrected chi connectivity index (χ3v) is 3.53. The van der Waals surface area contributed by atoms with E-state index in [4.69, 9.17) is 11.6 Å². The number of amides is 1. The monoisotopic (exact) mass is 307 g/mol. The number of aryl methyl sites for hydroxylation is 1. The van der Waals surface area contributed by atoms with Crippen molar-refractivity contribution < 1.29 is 4.79 Å². The molecule has 6 nitrogen and oxygen atoms in total. The van der Waals surface area contributed by atoms with Crippen LogP contribution in [-0.2, 0) is 18.4 Å². The molecule has 7 heteroatoms. The molecule has 1 amide bonds. The molecule has 0 unspecified atom stereocenters. The largest absolute Gasteiger partial charge is 0.322 e. The van der Waals surface area contributed by atoms with Crippen LogP contribution in [0, 0.1) is 6.92 Å². The van der Waals surface area contributed by atoms with Crippen LogP contribution in [0.2, 0.25) is 5.15 Å². The second kappa shape index (κ2) is 6.69. The lowest BCUT2D eigenvalue weighted by Gasteiger charge is -2.16. The highest BCUT2D eigenvalue weighted by Crippen LogP contribution is 2.17. The van der Waals surface area contributed by atoms with Gasteiger partial charge in [-0.1, -0.05) is 11.6 Å². The van der Waals surface area contributed by atoms with Crippen molar-refractivity contribution in [3.05, 3.63) is 40.9 Å². The van der Waals surface area contributed by atoms with E-state index in [0.717, 1.165) is 11.3 Å². The predicted molar refractivity (Wildman–Crippen MR) is 82.2 cm³/mol. The molecule has 0 aliphatic rings. The zero-order valence-corrected chi connectivity index (χ0v) is 13.1. The van der Waals surface area contributed by atoms with E-state index >= 15 is 0 Å². The van der Waals surface area contributed by atoms with Gasteiger partial charge in [0.15, 0.2) is 5.15 Å². The third-order valence-electron chi connectivity index (χ3n) is 3.22. The minimum Gasteiger partial charge on any atom is -0.322 e. The average Bonchev–Trinajstić information content (AvgIpc) is 2.73. The van der Waals surface area contributed by atoms with E-state index in [2.05, 4.69) is 15.4 Å². The number of nitrogens with zero attached hydrogens (tertiary/aromatic N) is 4. The summed E-state index contributed by atoms with van der Waals surface area (Å²) < 4.78 is 1.82. The Hall–Kier alpha value is -1.92. The number of hydrogen-bond acceptors (Lipinski definition) is 4. The molecule has 2 heterocycles. The van der Waals surface area contributed by atoms with Gasteiger partial charge in [0.05, 0.1) is 18.4 Å². The van der Waals surface area contributed by atoms with E-state index in [9.17, 15) is 4.79 Å².